The Hall–Kier alpha value is -0.720. The third kappa shape index (κ3) is 3.93. The predicted octanol–water partition coefficient (Wildman–Crippen LogP) is 2.17. The topological polar surface area (TPSA) is 41.5 Å². The predicted molar refractivity (Wildman–Crippen MR) is 86.0 cm³/mol. The molecule has 0 aliphatic carbocycles. The van der Waals surface area contributed by atoms with E-state index in [9.17, 15) is 0 Å². The maximum atomic E-state index is 5.82. The second-order valence-corrected chi connectivity index (χ2v) is 7.67. The summed E-state index contributed by atoms with van der Waals surface area (Å²) in [5.41, 5.74) is 0. The van der Waals surface area contributed by atoms with Crippen LogP contribution in [-0.2, 0) is 4.74 Å². The Balaban J connectivity index is 1.47. The standard InChI is InChI=1S/C15H26N4OS/c1-11-8-18(9-12(2)20-11)10-14-4-6-19(7-5-14)15-17-16-13(3)21-15/h11-12,14H,4-10H2,1-3H3. The van der Waals surface area contributed by atoms with Crippen LogP contribution in [0.2, 0.25) is 0 Å². The molecule has 2 atom stereocenters. The summed E-state index contributed by atoms with van der Waals surface area (Å²) < 4.78 is 5.82. The third-order valence-corrected chi connectivity index (χ3v) is 5.31. The van der Waals surface area contributed by atoms with Gasteiger partial charge in [0.1, 0.15) is 5.01 Å². The van der Waals surface area contributed by atoms with E-state index in [1.54, 1.807) is 11.3 Å². The Bertz CT molecular complexity index is 448. The maximum absolute atomic E-state index is 5.82. The lowest BCUT2D eigenvalue weighted by Crippen LogP contribution is -2.48. The molecular weight excluding hydrogens is 284 g/mol. The van der Waals surface area contributed by atoms with E-state index < -0.39 is 0 Å². The van der Waals surface area contributed by atoms with Crippen molar-refractivity contribution >= 4 is 16.5 Å². The van der Waals surface area contributed by atoms with E-state index in [0.717, 1.165) is 42.2 Å². The molecule has 5 nitrogen and oxygen atoms in total. The summed E-state index contributed by atoms with van der Waals surface area (Å²) in [4.78, 5) is 4.99. The molecule has 118 valence electrons. The van der Waals surface area contributed by atoms with Crippen molar-refractivity contribution in [2.45, 2.75) is 45.8 Å². The number of morpholine rings is 1. The van der Waals surface area contributed by atoms with Crippen LogP contribution < -0.4 is 4.90 Å². The Kier molecular flexibility index (Phi) is 4.76. The molecule has 0 amide bonds. The first-order valence-corrected chi connectivity index (χ1v) is 8.84. The summed E-state index contributed by atoms with van der Waals surface area (Å²) in [5, 5.41) is 10.5. The van der Waals surface area contributed by atoms with Crippen molar-refractivity contribution in [1.29, 1.82) is 0 Å². The number of ether oxygens (including phenoxy) is 1. The van der Waals surface area contributed by atoms with Gasteiger partial charge in [0.2, 0.25) is 5.13 Å². The van der Waals surface area contributed by atoms with E-state index in [0.29, 0.717) is 12.2 Å². The molecule has 1 aromatic rings. The fraction of sp³-hybridized carbons (Fsp3) is 0.867. The van der Waals surface area contributed by atoms with Gasteiger partial charge in [-0.25, -0.2) is 0 Å². The second kappa shape index (κ2) is 6.58. The summed E-state index contributed by atoms with van der Waals surface area (Å²) >= 11 is 1.71. The number of nitrogens with zero attached hydrogens (tertiary/aromatic N) is 4. The average molecular weight is 310 g/mol. The smallest absolute Gasteiger partial charge is 0.208 e. The van der Waals surface area contributed by atoms with E-state index in [4.69, 9.17) is 4.74 Å². The van der Waals surface area contributed by atoms with E-state index in [-0.39, 0.29) is 0 Å². The quantitative estimate of drug-likeness (QED) is 0.856. The van der Waals surface area contributed by atoms with Crippen molar-refractivity contribution in [3.05, 3.63) is 5.01 Å². The molecule has 0 bridgehead atoms. The van der Waals surface area contributed by atoms with Crippen LogP contribution in [0.3, 0.4) is 0 Å². The number of aromatic nitrogens is 2. The minimum absolute atomic E-state index is 0.373. The van der Waals surface area contributed by atoms with Crippen LogP contribution in [0.25, 0.3) is 0 Å². The number of aryl methyl sites for hydroxylation is 1. The van der Waals surface area contributed by atoms with E-state index in [1.807, 2.05) is 6.92 Å². The van der Waals surface area contributed by atoms with Gasteiger partial charge in [0.15, 0.2) is 0 Å². The lowest BCUT2D eigenvalue weighted by atomic mass is 9.96. The molecule has 0 saturated carbocycles. The molecule has 6 heteroatoms. The summed E-state index contributed by atoms with van der Waals surface area (Å²) in [6, 6.07) is 0. The number of hydrogen-bond acceptors (Lipinski definition) is 6. The molecule has 3 heterocycles. The molecule has 2 aliphatic heterocycles. The van der Waals surface area contributed by atoms with Crippen LogP contribution in [0.4, 0.5) is 5.13 Å². The molecule has 2 aliphatic rings. The largest absolute Gasteiger partial charge is 0.373 e. The van der Waals surface area contributed by atoms with E-state index in [1.165, 1.54) is 19.4 Å². The summed E-state index contributed by atoms with van der Waals surface area (Å²) in [5.74, 6) is 0.813. The third-order valence-electron chi connectivity index (χ3n) is 4.41. The highest BCUT2D eigenvalue weighted by Crippen LogP contribution is 2.26. The van der Waals surface area contributed by atoms with Crippen LogP contribution in [-0.4, -0.2) is 60.0 Å². The van der Waals surface area contributed by atoms with Gasteiger partial charge in [-0.05, 0) is 39.5 Å². The van der Waals surface area contributed by atoms with E-state index in [2.05, 4.69) is 33.8 Å². The first-order valence-electron chi connectivity index (χ1n) is 8.03. The minimum Gasteiger partial charge on any atom is -0.373 e. The lowest BCUT2D eigenvalue weighted by molar-refractivity contribution is -0.0720. The van der Waals surface area contributed by atoms with Gasteiger partial charge in [-0.15, -0.1) is 10.2 Å². The van der Waals surface area contributed by atoms with Crippen LogP contribution in [0.5, 0.6) is 0 Å². The van der Waals surface area contributed by atoms with Crippen molar-refractivity contribution in [2.75, 3.05) is 37.6 Å². The van der Waals surface area contributed by atoms with Gasteiger partial charge in [-0.2, -0.15) is 0 Å². The molecule has 0 aromatic carbocycles. The summed E-state index contributed by atoms with van der Waals surface area (Å²) in [7, 11) is 0. The molecule has 1 aromatic heterocycles. The van der Waals surface area contributed by atoms with Crippen LogP contribution in [0, 0.1) is 12.8 Å². The molecule has 0 spiro atoms. The summed E-state index contributed by atoms with van der Waals surface area (Å²) in [6.45, 7) is 12.0. The van der Waals surface area contributed by atoms with Gasteiger partial charge in [0.05, 0.1) is 12.2 Å². The Labute approximate surface area is 131 Å². The van der Waals surface area contributed by atoms with E-state index >= 15 is 0 Å². The van der Waals surface area contributed by atoms with Crippen molar-refractivity contribution < 1.29 is 4.74 Å². The molecule has 2 unspecified atom stereocenters. The molecule has 3 rings (SSSR count). The highest BCUT2D eigenvalue weighted by molar-refractivity contribution is 7.15. The zero-order valence-corrected chi connectivity index (χ0v) is 14.1. The molecule has 2 saturated heterocycles. The molecule has 0 radical (unpaired) electrons. The van der Waals surface area contributed by atoms with Gasteiger partial charge in [0, 0.05) is 32.7 Å². The Morgan fingerprint density at radius 3 is 2.38 bits per heavy atom. The van der Waals surface area contributed by atoms with Gasteiger partial charge in [-0.1, -0.05) is 11.3 Å². The normalized spacial score (nSPS) is 29.0. The SMILES string of the molecule is Cc1nnc(N2CCC(CN3CC(C)OC(C)C3)CC2)s1. The van der Waals surface area contributed by atoms with Gasteiger partial charge >= 0.3 is 0 Å². The monoisotopic (exact) mass is 310 g/mol. The minimum atomic E-state index is 0.373. The lowest BCUT2D eigenvalue weighted by Gasteiger charge is -2.39. The van der Waals surface area contributed by atoms with Gasteiger partial charge in [-0.3, -0.25) is 4.90 Å². The van der Waals surface area contributed by atoms with Gasteiger partial charge < -0.3 is 9.64 Å². The zero-order valence-electron chi connectivity index (χ0n) is 13.3. The highest BCUT2D eigenvalue weighted by Gasteiger charge is 2.27. The molecule has 2 fully saturated rings. The molecular formula is C15H26N4OS. The molecule has 0 N–H and O–H groups in total. The Morgan fingerprint density at radius 2 is 1.81 bits per heavy atom. The van der Waals surface area contributed by atoms with Crippen LogP contribution in [0.15, 0.2) is 0 Å². The number of anilines is 1. The Morgan fingerprint density at radius 1 is 1.14 bits per heavy atom. The average Bonchev–Trinajstić information content (AvgIpc) is 2.85. The maximum Gasteiger partial charge on any atom is 0.208 e. The van der Waals surface area contributed by atoms with Crippen molar-refractivity contribution in [2.24, 2.45) is 5.92 Å². The second-order valence-electron chi connectivity index (χ2n) is 6.51. The van der Waals surface area contributed by atoms with Crippen LogP contribution >= 0.6 is 11.3 Å². The van der Waals surface area contributed by atoms with Crippen molar-refractivity contribution in [3.63, 3.8) is 0 Å². The van der Waals surface area contributed by atoms with Crippen molar-refractivity contribution in [3.8, 4) is 0 Å². The van der Waals surface area contributed by atoms with Crippen LogP contribution in [0.1, 0.15) is 31.7 Å². The number of hydrogen-bond donors (Lipinski definition) is 0. The fourth-order valence-electron chi connectivity index (χ4n) is 3.52. The zero-order chi connectivity index (χ0) is 14.8. The number of piperidine rings is 1. The fourth-order valence-corrected chi connectivity index (χ4v) is 4.26. The van der Waals surface area contributed by atoms with Crippen molar-refractivity contribution in [1.82, 2.24) is 15.1 Å². The molecule has 21 heavy (non-hydrogen) atoms. The van der Waals surface area contributed by atoms with Gasteiger partial charge in [0.25, 0.3) is 0 Å². The first kappa shape index (κ1) is 15.2. The highest BCUT2D eigenvalue weighted by atomic mass is 32.1. The first-order chi connectivity index (χ1) is 10.1. The summed E-state index contributed by atoms with van der Waals surface area (Å²) in [6.07, 6.45) is 3.27. The number of rotatable bonds is 3.